The summed E-state index contributed by atoms with van der Waals surface area (Å²) < 4.78 is 26.9. The topological polar surface area (TPSA) is 32.3 Å². The first-order valence-corrected chi connectivity index (χ1v) is 6.41. The van der Waals surface area contributed by atoms with Gasteiger partial charge in [-0.3, -0.25) is 0 Å². The van der Waals surface area contributed by atoms with E-state index in [1.807, 2.05) is 6.92 Å². The van der Waals surface area contributed by atoms with Crippen LogP contribution in [0.3, 0.4) is 0 Å². The van der Waals surface area contributed by atoms with Crippen LogP contribution in [0.15, 0.2) is 18.2 Å². The van der Waals surface area contributed by atoms with Crippen molar-refractivity contribution >= 4 is 0 Å². The van der Waals surface area contributed by atoms with Crippen molar-refractivity contribution in [2.24, 2.45) is 0 Å². The molecule has 1 unspecified atom stereocenters. The molecule has 4 heteroatoms. The summed E-state index contributed by atoms with van der Waals surface area (Å²) >= 11 is 0. The van der Waals surface area contributed by atoms with Crippen LogP contribution in [0.5, 0.6) is 0 Å². The summed E-state index contributed by atoms with van der Waals surface area (Å²) in [6, 6.07) is 4.49. The third kappa shape index (κ3) is 2.70. The van der Waals surface area contributed by atoms with Crippen molar-refractivity contribution in [1.82, 2.24) is 5.32 Å². The second-order valence-corrected chi connectivity index (χ2v) is 4.91. The molecule has 1 aromatic rings. The molecule has 0 spiro atoms. The van der Waals surface area contributed by atoms with Crippen LogP contribution in [0.25, 0.3) is 0 Å². The van der Waals surface area contributed by atoms with Gasteiger partial charge >= 0.3 is 0 Å². The number of aliphatic hydroxyl groups is 1. The molecule has 3 atom stereocenters. The molecule has 100 valence electrons. The van der Waals surface area contributed by atoms with Gasteiger partial charge in [-0.05, 0) is 48.6 Å². The van der Waals surface area contributed by atoms with Crippen molar-refractivity contribution in [1.29, 1.82) is 0 Å². The summed E-state index contributed by atoms with van der Waals surface area (Å²) in [7, 11) is 0. The van der Waals surface area contributed by atoms with Crippen molar-refractivity contribution in [3.63, 3.8) is 0 Å². The number of rotatable bonds is 4. The summed E-state index contributed by atoms with van der Waals surface area (Å²) in [5.41, 5.74) is 1.07. The third-order valence-corrected chi connectivity index (χ3v) is 3.74. The van der Waals surface area contributed by atoms with Crippen molar-refractivity contribution in [3.05, 3.63) is 35.1 Å². The highest BCUT2D eigenvalue weighted by Crippen LogP contribution is 2.32. The molecule has 18 heavy (non-hydrogen) atoms. The van der Waals surface area contributed by atoms with Crippen molar-refractivity contribution < 1.29 is 13.9 Å². The third-order valence-electron chi connectivity index (χ3n) is 3.74. The first-order chi connectivity index (χ1) is 8.63. The average Bonchev–Trinajstić information content (AvgIpc) is 2.90. The normalized spacial score (nSPS) is 23.0. The van der Waals surface area contributed by atoms with E-state index >= 15 is 0 Å². The van der Waals surface area contributed by atoms with Gasteiger partial charge in [0, 0.05) is 6.04 Å². The Morgan fingerprint density at radius 2 is 2.22 bits per heavy atom. The molecular weight excluding hydrogens is 236 g/mol. The van der Waals surface area contributed by atoms with Gasteiger partial charge in [-0.1, -0.05) is 13.0 Å². The Morgan fingerprint density at radius 3 is 2.83 bits per heavy atom. The molecule has 1 heterocycles. The molecule has 0 saturated carbocycles. The van der Waals surface area contributed by atoms with E-state index in [9.17, 15) is 8.78 Å². The average molecular weight is 255 g/mol. The zero-order valence-electron chi connectivity index (χ0n) is 10.5. The molecule has 0 aromatic heterocycles. The first kappa shape index (κ1) is 13.4. The van der Waals surface area contributed by atoms with E-state index in [-0.39, 0.29) is 11.5 Å². The van der Waals surface area contributed by atoms with Gasteiger partial charge < -0.3 is 10.4 Å². The molecule has 1 aromatic carbocycles. The van der Waals surface area contributed by atoms with Crippen molar-refractivity contribution in [3.8, 4) is 0 Å². The van der Waals surface area contributed by atoms with Crippen LogP contribution >= 0.6 is 0 Å². The Morgan fingerprint density at radius 1 is 1.44 bits per heavy atom. The number of nitrogens with one attached hydrogen (secondary N) is 1. The molecule has 0 amide bonds. The van der Waals surface area contributed by atoms with Gasteiger partial charge in [-0.25, -0.2) is 8.78 Å². The molecule has 2 N–H and O–H groups in total. The van der Waals surface area contributed by atoms with Gasteiger partial charge in [0.15, 0.2) is 0 Å². The van der Waals surface area contributed by atoms with Gasteiger partial charge in [-0.15, -0.1) is 0 Å². The minimum Gasteiger partial charge on any atom is -0.393 e. The van der Waals surface area contributed by atoms with E-state index < -0.39 is 18.6 Å². The number of aliphatic hydroxyl groups excluding tert-OH is 1. The molecule has 0 radical (unpaired) electrons. The second-order valence-electron chi connectivity index (χ2n) is 4.91. The van der Waals surface area contributed by atoms with Crippen LogP contribution in [-0.4, -0.2) is 24.3 Å². The standard InChI is InChI=1S/C14H19F2NO/c1-9(14-3-2-6-17-14)11-5-4-10(15)7-12(11)13(16)8-18/h4-5,7,9,13-14,17-18H,2-3,6,8H2,1H3/t9-,13+,14?/m1/s1. The smallest absolute Gasteiger partial charge is 0.148 e. The Bertz CT molecular complexity index is 405. The van der Waals surface area contributed by atoms with E-state index in [1.165, 1.54) is 12.1 Å². The summed E-state index contributed by atoms with van der Waals surface area (Å²) in [4.78, 5) is 0. The van der Waals surface area contributed by atoms with E-state index in [0.29, 0.717) is 6.04 Å². The van der Waals surface area contributed by atoms with Crippen molar-refractivity contribution in [2.75, 3.05) is 13.2 Å². The Labute approximate surface area is 106 Å². The maximum Gasteiger partial charge on any atom is 0.148 e. The molecule has 2 rings (SSSR count). The molecule has 1 aliphatic rings. The summed E-state index contributed by atoms with van der Waals surface area (Å²) in [6.07, 6.45) is 0.651. The number of hydrogen-bond acceptors (Lipinski definition) is 2. The van der Waals surface area contributed by atoms with Crippen LogP contribution in [0.4, 0.5) is 8.78 Å². The zero-order chi connectivity index (χ0) is 13.1. The van der Waals surface area contributed by atoms with Crippen LogP contribution in [0.1, 0.15) is 43.0 Å². The fourth-order valence-corrected chi connectivity index (χ4v) is 2.68. The monoisotopic (exact) mass is 255 g/mol. The fraction of sp³-hybridized carbons (Fsp3) is 0.571. The van der Waals surface area contributed by atoms with Crippen LogP contribution in [0, 0.1) is 5.82 Å². The lowest BCUT2D eigenvalue weighted by atomic mass is 9.87. The number of halogens is 2. The van der Waals surface area contributed by atoms with Crippen molar-refractivity contribution in [2.45, 2.75) is 37.9 Å². The summed E-state index contributed by atoms with van der Waals surface area (Å²) in [6.45, 7) is 2.38. The largest absolute Gasteiger partial charge is 0.393 e. The predicted molar refractivity (Wildman–Crippen MR) is 66.8 cm³/mol. The Hall–Kier alpha value is -1.00. The van der Waals surface area contributed by atoms with Crippen LogP contribution in [0.2, 0.25) is 0 Å². The minimum absolute atomic E-state index is 0.118. The lowest BCUT2D eigenvalue weighted by Crippen LogP contribution is -2.28. The highest BCUT2D eigenvalue weighted by molar-refractivity contribution is 5.34. The van der Waals surface area contributed by atoms with Crippen LogP contribution < -0.4 is 5.32 Å². The highest BCUT2D eigenvalue weighted by atomic mass is 19.1. The van der Waals surface area contributed by atoms with Gasteiger partial charge in [-0.2, -0.15) is 0 Å². The fourth-order valence-electron chi connectivity index (χ4n) is 2.68. The number of benzene rings is 1. The molecule has 1 fully saturated rings. The molecular formula is C14H19F2NO. The number of hydrogen-bond donors (Lipinski definition) is 2. The number of alkyl halides is 1. The van der Waals surface area contributed by atoms with Gasteiger partial charge in [0.1, 0.15) is 12.0 Å². The molecule has 0 aliphatic carbocycles. The van der Waals surface area contributed by atoms with Gasteiger partial charge in [0.25, 0.3) is 0 Å². The quantitative estimate of drug-likeness (QED) is 0.867. The van der Waals surface area contributed by atoms with E-state index in [4.69, 9.17) is 5.11 Å². The first-order valence-electron chi connectivity index (χ1n) is 6.41. The lowest BCUT2D eigenvalue weighted by Gasteiger charge is -2.23. The minimum atomic E-state index is -1.51. The summed E-state index contributed by atoms with van der Waals surface area (Å²) in [5.74, 6) is -0.343. The van der Waals surface area contributed by atoms with Crippen LogP contribution in [-0.2, 0) is 0 Å². The lowest BCUT2D eigenvalue weighted by molar-refractivity contribution is 0.178. The van der Waals surface area contributed by atoms with Gasteiger partial charge in [0.05, 0.1) is 6.61 Å². The highest BCUT2D eigenvalue weighted by Gasteiger charge is 2.26. The molecule has 2 nitrogen and oxygen atoms in total. The second kappa shape index (κ2) is 5.76. The zero-order valence-corrected chi connectivity index (χ0v) is 10.5. The van der Waals surface area contributed by atoms with E-state index in [1.54, 1.807) is 6.07 Å². The molecule has 1 aliphatic heterocycles. The van der Waals surface area contributed by atoms with E-state index in [2.05, 4.69) is 5.32 Å². The van der Waals surface area contributed by atoms with Gasteiger partial charge in [0.2, 0.25) is 0 Å². The molecule has 0 bridgehead atoms. The van der Waals surface area contributed by atoms with E-state index in [0.717, 1.165) is 24.9 Å². The Balaban J connectivity index is 2.30. The maximum absolute atomic E-state index is 13.7. The predicted octanol–water partition coefficient (Wildman–Crippen LogP) is 2.68. The Kier molecular flexibility index (Phi) is 4.30. The molecule has 1 saturated heterocycles. The maximum atomic E-state index is 13.7. The SMILES string of the molecule is C[C@H](c1ccc(F)cc1[C@@H](F)CO)C1CCCN1. The summed E-state index contributed by atoms with van der Waals surface area (Å²) in [5, 5.41) is 12.3.